The predicted octanol–water partition coefficient (Wildman–Crippen LogP) is 4.70. The Hall–Kier alpha value is -1.78. The Balaban J connectivity index is 2.15. The Kier molecular flexibility index (Phi) is 5.04. The van der Waals surface area contributed by atoms with Crippen LogP contribution >= 0.6 is 23.2 Å². The molecule has 0 heterocycles. The van der Waals surface area contributed by atoms with E-state index in [1.54, 1.807) is 18.2 Å². The lowest BCUT2D eigenvalue weighted by atomic mass is 10.2. The summed E-state index contributed by atoms with van der Waals surface area (Å²) in [5.74, 6) is -0.632. The number of hydrogen-bond donors (Lipinski definition) is 2. The molecule has 0 unspecified atom stereocenters. The summed E-state index contributed by atoms with van der Waals surface area (Å²) >= 11 is 12.0. The summed E-state index contributed by atoms with van der Waals surface area (Å²) in [6.07, 6.45) is 0. The highest BCUT2D eigenvalue weighted by Crippen LogP contribution is 2.27. The van der Waals surface area contributed by atoms with E-state index in [4.69, 9.17) is 23.2 Å². The van der Waals surface area contributed by atoms with Crippen LogP contribution in [0.2, 0.25) is 10.0 Å². The van der Waals surface area contributed by atoms with Crippen LogP contribution in [0, 0.1) is 5.82 Å². The minimum atomic E-state index is -0.415. The van der Waals surface area contributed by atoms with Crippen molar-refractivity contribution in [3.63, 3.8) is 0 Å². The molecule has 0 bridgehead atoms. The maximum absolute atomic E-state index is 13.8. The van der Waals surface area contributed by atoms with Gasteiger partial charge in [-0.25, -0.2) is 4.39 Å². The van der Waals surface area contributed by atoms with Crippen molar-refractivity contribution < 1.29 is 9.18 Å². The summed E-state index contributed by atoms with van der Waals surface area (Å²) in [6.45, 7) is 1.71. The van der Waals surface area contributed by atoms with Gasteiger partial charge in [0.15, 0.2) is 0 Å². The average molecular weight is 327 g/mol. The molecule has 0 saturated carbocycles. The maximum atomic E-state index is 13.8. The van der Waals surface area contributed by atoms with Crippen LogP contribution in [0.4, 0.5) is 15.8 Å². The number of carbonyl (C=O) groups excluding carboxylic acids is 1. The van der Waals surface area contributed by atoms with Gasteiger partial charge in [-0.15, -0.1) is 0 Å². The first-order valence-electron chi connectivity index (χ1n) is 6.21. The fourth-order valence-corrected chi connectivity index (χ4v) is 2.20. The van der Waals surface area contributed by atoms with Gasteiger partial charge in [-0.2, -0.15) is 0 Å². The van der Waals surface area contributed by atoms with Gasteiger partial charge in [-0.3, -0.25) is 4.79 Å². The number of halogens is 3. The molecule has 3 nitrogen and oxygen atoms in total. The molecule has 0 aliphatic rings. The molecule has 0 fully saturated rings. The van der Waals surface area contributed by atoms with Crippen molar-refractivity contribution in [3.05, 3.63) is 57.8 Å². The van der Waals surface area contributed by atoms with Gasteiger partial charge in [0, 0.05) is 19.2 Å². The highest BCUT2D eigenvalue weighted by atomic mass is 35.5. The van der Waals surface area contributed by atoms with Gasteiger partial charge in [-0.05, 0) is 29.8 Å². The van der Waals surface area contributed by atoms with Crippen LogP contribution in [0.3, 0.4) is 0 Å². The zero-order chi connectivity index (χ0) is 15.4. The summed E-state index contributed by atoms with van der Waals surface area (Å²) in [5.41, 5.74) is 1.55. The zero-order valence-electron chi connectivity index (χ0n) is 11.2. The van der Waals surface area contributed by atoms with Gasteiger partial charge in [0.05, 0.1) is 15.7 Å². The molecule has 0 aromatic heterocycles. The molecular weight excluding hydrogens is 314 g/mol. The van der Waals surface area contributed by atoms with E-state index in [1.807, 2.05) is 0 Å². The van der Waals surface area contributed by atoms with Crippen molar-refractivity contribution in [2.24, 2.45) is 0 Å². The van der Waals surface area contributed by atoms with Crippen molar-refractivity contribution in [1.29, 1.82) is 0 Å². The SMILES string of the molecule is CC(=O)Nc1ccc(F)c(NCc2cccc(Cl)c2Cl)c1. The Morgan fingerprint density at radius 3 is 2.71 bits per heavy atom. The van der Waals surface area contributed by atoms with E-state index < -0.39 is 5.82 Å². The first-order chi connectivity index (χ1) is 9.97. The first kappa shape index (κ1) is 15.6. The van der Waals surface area contributed by atoms with Crippen molar-refractivity contribution in [2.45, 2.75) is 13.5 Å². The van der Waals surface area contributed by atoms with Gasteiger partial charge in [-0.1, -0.05) is 35.3 Å². The molecule has 0 spiro atoms. The molecule has 110 valence electrons. The second kappa shape index (κ2) is 6.78. The third-order valence-electron chi connectivity index (χ3n) is 2.79. The van der Waals surface area contributed by atoms with E-state index in [1.165, 1.54) is 25.1 Å². The molecule has 6 heteroatoms. The molecule has 2 N–H and O–H groups in total. The van der Waals surface area contributed by atoms with E-state index in [9.17, 15) is 9.18 Å². The van der Waals surface area contributed by atoms with Crippen LogP contribution in [0.25, 0.3) is 0 Å². The molecule has 2 aromatic rings. The number of nitrogens with one attached hydrogen (secondary N) is 2. The summed E-state index contributed by atoms with van der Waals surface area (Å²) in [5, 5.41) is 6.42. The topological polar surface area (TPSA) is 41.1 Å². The van der Waals surface area contributed by atoms with Crippen LogP contribution < -0.4 is 10.6 Å². The van der Waals surface area contributed by atoms with Crippen molar-refractivity contribution >= 4 is 40.5 Å². The maximum Gasteiger partial charge on any atom is 0.221 e. The van der Waals surface area contributed by atoms with E-state index in [0.29, 0.717) is 22.3 Å². The Morgan fingerprint density at radius 1 is 1.24 bits per heavy atom. The third kappa shape index (κ3) is 4.09. The van der Waals surface area contributed by atoms with Crippen LogP contribution in [0.1, 0.15) is 12.5 Å². The van der Waals surface area contributed by atoms with E-state index >= 15 is 0 Å². The lowest BCUT2D eigenvalue weighted by Crippen LogP contribution is -2.07. The van der Waals surface area contributed by atoms with Crippen molar-refractivity contribution in [1.82, 2.24) is 0 Å². The number of amides is 1. The Labute approximate surface area is 132 Å². The molecule has 0 aliphatic carbocycles. The zero-order valence-corrected chi connectivity index (χ0v) is 12.7. The van der Waals surface area contributed by atoms with E-state index in [0.717, 1.165) is 5.56 Å². The summed E-state index contributed by atoms with van der Waals surface area (Å²) < 4.78 is 13.8. The second-order valence-electron chi connectivity index (χ2n) is 4.44. The molecule has 2 rings (SSSR count). The van der Waals surface area contributed by atoms with Gasteiger partial charge < -0.3 is 10.6 Å². The van der Waals surface area contributed by atoms with Crippen LogP contribution in [-0.4, -0.2) is 5.91 Å². The highest BCUT2D eigenvalue weighted by Gasteiger charge is 2.07. The lowest BCUT2D eigenvalue weighted by Gasteiger charge is -2.11. The Bertz CT molecular complexity index is 677. The molecule has 0 radical (unpaired) electrons. The summed E-state index contributed by atoms with van der Waals surface area (Å²) in [7, 11) is 0. The average Bonchev–Trinajstić information content (AvgIpc) is 2.43. The molecule has 21 heavy (non-hydrogen) atoms. The summed E-state index contributed by atoms with van der Waals surface area (Å²) in [6, 6.07) is 9.56. The number of hydrogen-bond acceptors (Lipinski definition) is 2. The monoisotopic (exact) mass is 326 g/mol. The van der Waals surface area contributed by atoms with Crippen LogP contribution in [-0.2, 0) is 11.3 Å². The van der Waals surface area contributed by atoms with E-state index in [2.05, 4.69) is 10.6 Å². The van der Waals surface area contributed by atoms with Crippen molar-refractivity contribution in [3.8, 4) is 0 Å². The van der Waals surface area contributed by atoms with Gasteiger partial charge in [0.2, 0.25) is 5.91 Å². The molecule has 1 amide bonds. The molecular formula is C15H13Cl2FN2O. The Morgan fingerprint density at radius 2 is 2.00 bits per heavy atom. The van der Waals surface area contributed by atoms with Gasteiger partial charge in [0.25, 0.3) is 0 Å². The summed E-state index contributed by atoms with van der Waals surface area (Å²) in [4.78, 5) is 11.0. The largest absolute Gasteiger partial charge is 0.378 e. The molecule has 2 aromatic carbocycles. The third-order valence-corrected chi connectivity index (χ3v) is 3.65. The normalized spacial score (nSPS) is 10.3. The molecule has 0 atom stereocenters. The predicted molar refractivity (Wildman–Crippen MR) is 84.5 cm³/mol. The van der Waals surface area contributed by atoms with Crippen molar-refractivity contribution in [2.75, 3.05) is 10.6 Å². The molecule has 0 aliphatic heterocycles. The van der Waals surface area contributed by atoms with Crippen LogP contribution in [0.15, 0.2) is 36.4 Å². The van der Waals surface area contributed by atoms with Crippen LogP contribution in [0.5, 0.6) is 0 Å². The van der Waals surface area contributed by atoms with Gasteiger partial charge in [0.1, 0.15) is 5.82 Å². The molecule has 0 saturated heterocycles. The first-order valence-corrected chi connectivity index (χ1v) is 6.97. The number of rotatable bonds is 4. The smallest absolute Gasteiger partial charge is 0.221 e. The minimum Gasteiger partial charge on any atom is -0.378 e. The standard InChI is InChI=1S/C15H13Cl2FN2O/c1-9(21)20-11-5-6-13(18)14(7-11)19-8-10-3-2-4-12(16)15(10)17/h2-7,19H,8H2,1H3,(H,20,21). The number of anilines is 2. The highest BCUT2D eigenvalue weighted by molar-refractivity contribution is 6.42. The minimum absolute atomic E-state index is 0.217. The second-order valence-corrected chi connectivity index (χ2v) is 5.23. The fraction of sp³-hybridized carbons (Fsp3) is 0.133. The number of benzene rings is 2. The van der Waals surface area contributed by atoms with Gasteiger partial charge >= 0.3 is 0 Å². The number of carbonyl (C=O) groups is 1. The quantitative estimate of drug-likeness (QED) is 0.854. The van der Waals surface area contributed by atoms with E-state index in [-0.39, 0.29) is 11.6 Å². The lowest BCUT2D eigenvalue weighted by molar-refractivity contribution is -0.114. The fourth-order valence-electron chi connectivity index (χ4n) is 1.82.